The molecule has 1 saturated carbocycles. The summed E-state index contributed by atoms with van der Waals surface area (Å²) in [5.41, 5.74) is 4.05. The Bertz CT molecular complexity index is 1000. The van der Waals surface area contributed by atoms with Gasteiger partial charge in [-0.25, -0.2) is 9.98 Å². The van der Waals surface area contributed by atoms with E-state index in [-0.39, 0.29) is 33.2 Å². The number of hydrogen-bond donors (Lipinski definition) is 3. The topological polar surface area (TPSA) is 107 Å². The third-order valence-electron chi connectivity index (χ3n) is 4.73. The molecule has 1 atom stereocenters. The average Bonchev–Trinajstić information content (AvgIpc) is 3.57. The molecule has 1 aliphatic rings. The van der Waals surface area contributed by atoms with Gasteiger partial charge in [-0.15, -0.1) is 0 Å². The monoisotopic (exact) mass is 502 g/mol. The molecular formula is C21H23Cl2F3N6O. The van der Waals surface area contributed by atoms with Crippen LogP contribution < -0.4 is 11.1 Å². The maximum absolute atomic E-state index is 13.3. The fourth-order valence-electron chi connectivity index (χ4n) is 2.86. The quantitative estimate of drug-likeness (QED) is 0.334. The van der Waals surface area contributed by atoms with Crippen molar-refractivity contribution in [3.05, 3.63) is 58.0 Å². The molecule has 1 aromatic carbocycles. The number of carbonyl (C=O) groups excluding carboxylic acids is 1. The van der Waals surface area contributed by atoms with Crippen molar-refractivity contribution in [2.75, 3.05) is 6.54 Å². The lowest BCUT2D eigenvalue weighted by Crippen LogP contribution is -2.48. The minimum atomic E-state index is -4.66. The highest BCUT2D eigenvalue weighted by Crippen LogP contribution is 2.34. The summed E-state index contributed by atoms with van der Waals surface area (Å²) >= 11 is 11.6. The van der Waals surface area contributed by atoms with Gasteiger partial charge in [0.15, 0.2) is 0 Å². The maximum Gasteiger partial charge on any atom is 0.416 e. The van der Waals surface area contributed by atoms with Gasteiger partial charge in [-0.2, -0.15) is 13.2 Å². The van der Waals surface area contributed by atoms with Gasteiger partial charge in [0, 0.05) is 29.5 Å². The third-order valence-corrected chi connectivity index (χ3v) is 5.17. The van der Waals surface area contributed by atoms with E-state index in [4.69, 9.17) is 34.3 Å². The SMILES string of the molecule is C=C(/N=C\C(Cl)=C/N)N/C(=N\C=N)C(C)N(CC1CC1)C(=O)c1cc(Cl)cc(C(F)(F)F)c1. The highest BCUT2D eigenvalue weighted by atomic mass is 35.5. The van der Waals surface area contributed by atoms with Crippen LogP contribution in [0.15, 0.2) is 51.8 Å². The van der Waals surface area contributed by atoms with E-state index >= 15 is 0 Å². The molecule has 33 heavy (non-hydrogen) atoms. The molecule has 1 aromatic rings. The largest absolute Gasteiger partial charge is 0.416 e. The van der Waals surface area contributed by atoms with Gasteiger partial charge in [-0.05, 0) is 43.9 Å². The number of amidine groups is 1. The van der Waals surface area contributed by atoms with Crippen molar-refractivity contribution < 1.29 is 18.0 Å². The van der Waals surface area contributed by atoms with E-state index in [1.165, 1.54) is 17.2 Å². The Morgan fingerprint density at radius 3 is 2.64 bits per heavy atom. The number of nitrogens with two attached hydrogens (primary N) is 1. The fraction of sp³-hybridized carbons (Fsp3) is 0.333. The first-order chi connectivity index (χ1) is 15.5. The summed E-state index contributed by atoms with van der Waals surface area (Å²) in [6, 6.07) is 1.98. The second-order valence-corrected chi connectivity index (χ2v) is 8.20. The van der Waals surface area contributed by atoms with Gasteiger partial charge in [0.2, 0.25) is 0 Å². The number of alkyl halides is 3. The molecular weight excluding hydrogens is 480 g/mol. The van der Waals surface area contributed by atoms with E-state index in [0.717, 1.165) is 37.5 Å². The Kier molecular flexibility index (Phi) is 9.07. The lowest BCUT2D eigenvalue weighted by Gasteiger charge is -2.31. The van der Waals surface area contributed by atoms with E-state index in [9.17, 15) is 18.0 Å². The highest BCUT2D eigenvalue weighted by Gasteiger charge is 2.35. The van der Waals surface area contributed by atoms with E-state index in [1.54, 1.807) is 6.92 Å². The zero-order chi connectivity index (χ0) is 24.8. The molecule has 2 rings (SSSR count). The van der Waals surface area contributed by atoms with Gasteiger partial charge >= 0.3 is 6.18 Å². The molecule has 0 aromatic heterocycles. The number of halogens is 5. The predicted molar refractivity (Wildman–Crippen MR) is 125 cm³/mol. The van der Waals surface area contributed by atoms with Crippen LogP contribution in [-0.4, -0.2) is 41.8 Å². The molecule has 1 unspecified atom stereocenters. The standard InChI is InChI=1S/C21H23Cl2F3N6O/c1-12(19(30-11-28)31-13(2)29-9-18(23)8-27)32(10-14-3-4-14)20(33)15-5-16(21(24,25)26)7-17(22)6-15/h5-9,11-12,14H,2-4,10,27H2,1H3,(H2,28,30,31)/b18-8+,29-9-. The Morgan fingerprint density at radius 2 is 2.09 bits per heavy atom. The molecule has 0 spiro atoms. The second-order valence-electron chi connectivity index (χ2n) is 7.33. The van der Waals surface area contributed by atoms with E-state index in [2.05, 4.69) is 21.9 Å². The molecule has 0 saturated heterocycles. The van der Waals surface area contributed by atoms with Gasteiger partial charge in [0.25, 0.3) is 5.91 Å². The summed E-state index contributed by atoms with van der Waals surface area (Å²) in [7, 11) is 0. The Hall–Kier alpha value is -2.85. The summed E-state index contributed by atoms with van der Waals surface area (Å²) < 4.78 is 39.7. The minimum Gasteiger partial charge on any atom is -0.403 e. The van der Waals surface area contributed by atoms with Gasteiger partial charge in [-0.3, -0.25) is 10.2 Å². The number of allylic oxidation sites excluding steroid dienone is 1. The van der Waals surface area contributed by atoms with E-state index < -0.39 is 23.7 Å². The van der Waals surface area contributed by atoms with Crippen LogP contribution in [0.1, 0.15) is 35.7 Å². The molecule has 178 valence electrons. The fourth-order valence-corrected chi connectivity index (χ4v) is 3.15. The first-order valence-electron chi connectivity index (χ1n) is 9.79. The smallest absolute Gasteiger partial charge is 0.403 e. The molecule has 0 radical (unpaired) electrons. The van der Waals surface area contributed by atoms with Crippen molar-refractivity contribution in [3.63, 3.8) is 0 Å². The molecule has 1 aliphatic carbocycles. The highest BCUT2D eigenvalue weighted by molar-refractivity contribution is 6.39. The van der Waals surface area contributed by atoms with Crippen LogP contribution in [0.3, 0.4) is 0 Å². The van der Waals surface area contributed by atoms with Gasteiger partial charge < -0.3 is 16.0 Å². The Labute approximate surface area is 199 Å². The van der Waals surface area contributed by atoms with Gasteiger partial charge in [0.05, 0.1) is 16.6 Å². The molecule has 12 heteroatoms. The number of amides is 1. The summed E-state index contributed by atoms with van der Waals surface area (Å²) in [5.74, 6) is -0.186. The number of hydrogen-bond acceptors (Lipinski definition) is 4. The molecule has 4 N–H and O–H groups in total. The van der Waals surface area contributed by atoms with Crippen LogP contribution in [0.25, 0.3) is 0 Å². The van der Waals surface area contributed by atoms with Crippen LogP contribution in [0.4, 0.5) is 13.2 Å². The van der Waals surface area contributed by atoms with Crippen LogP contribution in [0.2, 0.25) is 5.02 Å². The molecule has 1 amide bonds. The zero-order valence-corrected chi connectivity index (χ0v) is 19.2. The first kappa shape index (κ1) is 26.4. The van der Waals surface area contributed by atoms with Crippen molar-refractivity contribution in [2.45, 2.75) is 32.0 Å². The molecule has 0 heterocycles. The number of carbonyl (C=O) groups is 1. The maximum atomic E-state index is 13.3. The van der Waals surface area contributed by atoms with Gasteiger partial charge in [-0.1, -0.05) is 29.8 Å². The van der Waals surface area contributed by atoms with Crippen molar-refractivity contribution in [2.24, 2.45) is 21.6 Å². The number of nitrogens with zero attached hydrogens (tertiary/aromatic N) is 3. The Balaban J connectivity index is 2.35. The summed E-state index contributed by atoms with van der Waals surface area (Å²) in [5, 5.41) is 10.1. The van der Waals surface area contributed by atoms with Crippen molar-refractivity contribution >= 4 is 47.5 Å². The zero-order valence-electron chi connectivity index (χ0n) is 17.7. The van der Waals surface area contributed by atoms with Crippen molar-refractivity contribution in [3.8, 4) is 0 Å². The molecule has 1 fully saturated rings. The van der Waals surface area contributed by atoms with Crippen molar-refractivity contribution in [1.29, 1.82) is 5.41 Å². The van der Waals surface area contributed by atoms with Gasteiger partial charge in [0.1, 0.15) is 18.0 Å². The van der Waals surface area contributed by atoms with Crippen LogP contribution in [0.5, 0.6) is 0 Å². The molecule has 7 nitrogen and oxygen atoms in total. The summed E-state index contributed by atoms with van der Waals surface area (Å²) in [6.07, 6.45) is 0.265. The van der Waals surface area contributed by atoms with E-state index in [0.29, 0.717) is 6.54 Å². The normalized spacial score (nSPS) is 15.9. The molecule has 0 aliphatic heterocycles. The Morgan fingerprint density at radius 1 is 1.42 bits per heavy atom. The van der Waals surface area contributed by atoms with E-state index in [1.807, 2.05) is 0 Å². The molecule has 0 bridgehead atoms. The van der Waals surface area contributed by atoms with Crippen LogP contribution in [0, 0.1) is 11.3 Å². The summed E-state index contributed by atoms with van der Waals surface area (Å²) in [4.78, 5) is 22.6. The number of nitrogens with one attached hydrogen (secondary N) is 2. The third kappa shape index (κ3) is 7.90. The minimum absolute atomic E-state index is 0.100. The average molecular weight is 503 g/mol. The predicted octanol–water partition coefficient (Wildman–Crippen LogP) is 4.78. The first-order valence-corrected chi connectivity index (χ1v) is 10.5. The second kappa shape index (κ2) is 11.3. The number of aliphatic imine (C=N–C) groups is 2. The lowest BCUT2D eigenvalue weighted by atomic mass is 10.1. The van der Waals surface area contributed by atoms with Crippen LogP contribution in [-0.2, 0) is 6.18 Å². The number of rotatable bonds is 9. The summed E-state index contributed by atoms with van der Waals surface area (Å²) in [6.45, 7) is 5.64. The van der Waals surface area contributed by atoms with Crippen LogP contribution >= 0.6 is 23.2 Å². The lowest BCUT2D eigenvalue weighted by molar-refractivity contribution is -0.137. The van der Waals surface area contributed by atoms with Crippen molar-refractivity contribution in [1.82, 2.24) is 10.2 Å². The number of benzene rings is 1.